The van der Waals surface area contributed by atoms with E-state index in [1.807, 2.05) is 0 Å². The van der Waals surface area contributed by atoms with Crippen molar-refractivity contribution in [3.05, 3.63) is 17.2 Å². The Hall–Kier alpha value is -0.176. The summed E-state index contributed by atoms with van der Waals surface area (Å²) < 4.78 is 34.7. The molecule has 0 aliphatic carbocycles. The van der Waals surface area contributed by atoms with Gasteiger partial charge >= 0.3 is 17.6 Å². The average molecular weight is 659 g/mol. The number of rotatable bonds is 22. The molecule has 1 atom stereocenters. The Morgan fingerprint density at radius 3 is 1.88 bits per heavy atom. The van der Waals surface area contributed by atoms with Gasteiger partial charge in [-0.2, -0.15) is 0 Å². The highest BCUT2D eigenvalue weighted by Crippen LogP contribution is 2.35. The van der Waals surface area contributed by atoms with Gasteiger partial charge in [-0.15, -0.1) is 0 Å². The molecule has 1 aromatic carbocycles. The molecule has 0 amide bonds. The number of hydrogen-bond acceptors (Lipinski definition) is 8. The Bertz CT molecular complexity index is 867. The molecular formula is C28H58N2O6Si5. The third-order valence-corrected chi connectivity index (χ3v) is 18.1. The molecule has 0 spiro atoms. The Morgan fingerprint density at radius 1 is 0.878 bits per heavy atom. The first-order chi connectivity index (χ1) is 19.5. The number of hydrogen-bond donors (Lipinski definition) is 1. The standard InChI is InChI=1S/C28H58N2O6Si5/c1-14-30(15-2)27-25(23(3)41(34-7,35-8)36-9)21-26(38(10)11)24(28(27)39(12)13)17-19-37-22-29-18-16-20-40(31-4,32-5)33-6/h21,23,29H,14-20,22H2,1-13H3. The Balaban J connectivity index is 3.30. The van der Waals surface area contributed by atoms with Crippen LogP contribution in [0.3, 0.4) is 0 Å². The van der Waals surface area contributed by atoms with Gasteiger partial charge in [0, 0.05) is 67.5 Å². The minimum atomic E-state index is -2.90. The second-order valence-electron chi connectivity index (χ2n) is 10.7. The summed E-state index contributed by atoms with van der Waals surface area (Å²) in [6.07, 6.45) is 3.16. The van der Waals surface area contributed by atoms with E-state index in [1.54, 1.807) is 58.6 Å². The molecule has 4 radical (unpaired) electrons. The maximum Gasteiger partial charge on any atom is 0.507 e. The number of nitrogens with one attached hydrogen (secondary N) is 1. The minimum Gasteiger partial charge on any atom is -0.377 e. The predicted octanol–water partition coefficient (Wildman–Crippen LogP) is 3.46. The van der Waals surface area contributed by atoms with Crippen LogP contribution in [0, 0.1) is 0 Å². The zero-order valence-corrected chi connectivity index (χ0v) is 33.2. The van der Waals surface area contributed by atoms with E-state index in [0.717, 1.165) is 54.2 Å². The van der Waals surface area contributed by atoms with E-state index < -0.39 is 35.2 Å². The van der Waals surface area contributed by atoms with Crippen LogP contribution in [-0.4, -0.2) is 113 Å². The molecule has 0 heterocycles. The first-order valence-corrected chi connectivity index (χ1v) is 24.9. The fourth-order valence-electron chi connectivity index (χ4n) is 5.62. The third-order valence-electron chi connectivity index (χ3n) is 7.98. The quantitative estimate of drug-likeness (QED) is 0.150. The van der Waals surface area contributed by atoms with Gasteiger partial charge in [-0.3, -0.25) is 0 Å². The molecule has 0 saturated carbocycles. The monoisotopic (exact) mass is 658 g/mol. The van der Waals surface area contributed by atoms with Crippen LogP contribution in [0.25, 0.3) is 0 Å². The molecule has 0 aromatic heterocycles. The van der Waals surface area contributed by atoms with Gasteiger partial charge in [0.15, 0.2) is 0 Å². The second-order valence-corrected chi connectivity index (χ2v) is 23.4. The van der Waals surface area contributed by atoms with Crippen LogP contribution >= 0.6 is 0 Å². The molecule has 1 N–H and O–H groups in total. The highest BCUT2D eigenvalue weighted by atomic mass is 28.4. The van der Waals surface area contributed by atoms with Crippen LogP contribution in [0.15, 0.2) is 6.07 Å². The van der Waals surface area contributed by atoms with Gasteiger partial charge in [-0.05, 0) is 55.7 Å². The van der Waals surface area contributed by atoms with Crippen LogP contribution in [0.1, 0.15) is 43.9 Å². The smallest absolute Gasteiger partial charge is 0.377 e. The van der Waals surface area contributed by atoms with Crippen molar-refractivity contribution in [2.75, 3.05) is 73.4 Å². The van der Waals surface area contributed by atoms with Crippen molar-refractivity contribution in [1.82, 2.24) is 5.32 Å². The van der Waals surface area contributed by atoms with Crippen molar-refractivity contribution in [3.63, 3.8) is 0 Å². The normalized spacial score (nSPS) is 13.4. The van der Waals surface area contributed by atoms with Crippen molar-refractivity contribution in [3.8, 4) is 0 Å². The molecule has 0 aliphatic rings. The number of benzene rings is 1. The van der Waals surface area contributed by atoms with Crippen LogP contribution in [0.4, 0.5) is 5.69 Å². The minimum absolute atomic E-state index is 0.0366. The number of nitrogens with zero attached hydrogens (tertiary/aromatic N) is 1. The fourth-order valence-corrected chi connectivity index (χ4v) is 13.5. The molecule has 0 fully saturated rings. The lowest BCUT2D eigenvalue weighted by molar-refractivity contribution is 0.114. The SMILES string of the molecule is CCN(CC)c1c(C(C)[Si](OC)(OC)OC)cc([Si](C)C)c(CC[Si]CNCCC[Si](OC)(OC)OC)c1[Si](C)C. The van der Waals surface area contributed by atoms with E-state index in [1.165, 1.54) is 17.3 Å². The second kappa shape index (κ2) is 19.3. The van der Waals surface area contributed by atoms with E-state index in [4.69, 9.17) is 26.6 Å². The lowest BCUT2D eigenvalue weighted by atomic mass is 10.0. The molecule has 0 bridgehead atoms. The lowest BCUT2D eigenvalue weighted by Gasteiger charge is -2.37. The van der Waals surface area contributed by atoms with Gasteiger partial charge in [-0.25, -0.2) is 0 Å². The van der Waals surface area contributed by atoms with Crippen molar-refractivity contribution in [2.45, 2.75) is 77.4 Å². The van der Waals surface area contributed by atoms with Crippen LogP contribution < -0.4 is 20.6 Å². The summed E-state index contributed by atoms with van der Waals surface area (Å²) in [7, 11) is 4.26. The van der Waals surface area contributed by atoms with E-state index in [9.17, 15) is 0 Å². The molecule has 1 rings (SSSR count). The molecule has 1 aromatic rings. The Morgan fingerprint density at radius 2 is 1.44 bits per heavy atom. The maximum atomic E-state index is 6.01. The Kier molecular flexibility index (Phi) is 18.3. The average Bonchev–Trinajstić information content (AvgIpc) is 2.98. The van der Waals surface area contributed by atoms with E-state index in [0.29, 0.717) is 0 Å². The summed E-state index contributed by atoms with van der Waals surface area (Å²) in [6.45, 7) is 19.4. The van der Waals surface area contributed by atoms with Crippen molar-refractivity contribution >= 4 is 60.8 Å². The highest BCUT2D eigenvalue weighted by molar-refractivity contribution is 6.76. The molecule has 0 saturated heterocycles. The van der Waals surface area contributed by atoms with Crippen molar-refractivity contribution < 1.29 is 26.6 Å². The highest BCUT2D eigenvalue weighted by Gasteiger charge is 2.47. The molecule has 13 heteroatoms. The summed E-state index contributed by atoms with van der Waals surface area (Å²) in [6, 6.07) is 4.53. The maximum absolute atomic E-state index is 6.01. The van der Waals surface area contributed by atoms with Gasteiger partial charge in [0.2, 0.25) is 0 Å². The molecule has 1 unspecified atom stereocenters. The van der Waals surface area contributed by atoms with Crippen LogP contribution in [0.2, 0.25) is 38.3 Å². The molecule has 0 aliphatic heterocycles. The summed E-state index contributed by atoms with van der Waals surface area (Å²) in [5, 5.41) is 6.81. The van der Waals surface area contributed by atoms with E-state index in [-0.39, 0.29) is 5.54 Å². The lowest BCUT2D eigenvalue weighted by Crippen LogP contribution is -2.51. The summed E-state index contributed by atoms with van der Waals surface area (Å²) >= 11 is 0. The van der Waals surface area contributed by atoms with Gasteiger partial charge in [0.05, 0.1) is 32.7 Å². The van der Waals surface area contributed by atoms with Crippen molar-refractivity contribution in [1.29, 1.82) is 0 Å². The topological polar surface area (TPSA) is 70.7 Å². The Labute approximate surface area is 259 Å². The molecule has 236 valence electrons. The van der Waals surface area contributed by atoms with Crippen molar-refractivity contribution in [2.24, 2.45) is 0 Å². The number of anilines is 1. The molecule has 41 heavy (non-hydrogen) atoms. The first-order valence-electron chi connectivity index (χ1n) is 14.8. The molecule has 8 nitrogen and oxygen atoms in total. The zero-order chi connectivity index (χ0) is 31.2. The predicted molar refractivity (Wildman–Crippen MR) is 183 cm³/mol. The molecular weight excluding hydrogens is 601 g/mol. The van der Waals surface area contributed by atoms with Gasteiger partial charge in [0.1, 0.15) is 0 Å². The van der Waals surface area contributed by atoms with E-state index in [2.05, 4.69) is 63.2 Å². The first kappa shape index (κ1) is 38.8. The fraction of sp³-hybridized carbons (Fsp3) is 0.786. The zero-order valence-electron chi connectivity index (χ0n) is 28.2. The summed E-state index contributed by atoms with van der Waals surface area (Å²) in [4.78, 5) is 2.55. The summed E-state index contributed by atoms with van der Waals surface area (Å²) in [5.41, 5.74) is 4.40. The van der Waals surface area contributed by atoms with Crippen LogP contribution in [0.5, 0.6) is 0 Å². The largest absolute Gasteiger partial charge is 0.507 e. The van der Waals surface area contributed by atoms with Gasteiger partial charge in [0.25, 0.3) is 0 Å². The van der Waals surface area contributed by atoms with E-state index >= 15 is 0 Å². The third kappa shape index (κ3) is 9.91. The summed E-state index contributed by atoms with van der Waals surface area (Å²) in [5.74, 6) is 0. The van der Waals surface area contributed by atoms with Gasteiger partial charge in [-0.1, -0.05) is 50.4 Å². The van der Waals surface area contributed by atoms with Gasteiger partial charge < -0.3 is 36.8 Å². The van der Waals surface area contributed by atoms with Crippen LogP contribution in [-0.2, 0) is 33.0 Å².